The minimum atomic E-state index is 0.256. The summed E-state index contributed by atoms with van der Waals surface area (Å²) in [5.74, 6) is 0. The van der Waals surface area contributed by atoms with Gasteiger partial charge in [-0.2, -0.15) is 0 Å². The first-order chi connectivity index (χ1) is 7.58. The summed E-state index contributed by atoms with van der Waals surface area (Å²) >= 11 is 3.62. The molecular weight excluding hydrogens is 264 g/mol. The number of nitrogens with zero attached hydrogens (tertiary/aromatic N) is 1. The molecule has 1 rings (SSSR count). The molecule has 0 bridgehead atoms. The molecule has 16 heavy (non-hydrogen) atoms. The lowest BCUT2D eigenvalue weighted by molar-refractivity contribution is 0.645. The van der Waals surface area contributed by atoms with Crippen LogP contribution in [-0.2, 0) is 6.42 Å². The van der Waals surface area contributed by atoms with Crippen LogP contribution in [0.1, 0.15) is 25.8 Å². The lowest BCUT2D eigenvalue weighted by Crippen LogP contribution is -2.21. The van der Waals surface area contributed by atoms with Crippen LogP contribution in [0.25, 0.3) is 0 Å². The van der Waals surface area contributed by atoms with Crippen LogP contribution in [0.3, 0.4) is 0 Å². The first-order valence-corrected chi connectivity index (χ1v) is 6.62. The molecule has 1 aromatic carbocycles. The molecule has 3 heteroatoms. The fourth-order valence-corrected chi connectivity index (χ4v) is 2.08. The van der Waals surface area contributed by atoms with E-state index in [0.717, 1.165) is 23.9 Å². The van der Waals surface area contributed by atoms with Crippen molar-refractivity contribution in [1.29, 1.82) is 0 Å². The molecule has 2 N–H and O–H groups in total. The van der Waals surface area contributed by atoms with Gasteiger partial charge < -0.3 is 10.6 Å². The van der Waals surface area contributed by atoms with Gasteiger partial charge in [0.05, 0.1) is 0 Å². The molecule has 0 aliphatic heterocycles. The molecule has 2 nitrogen and oxygen atoms in total. The third-order valence-corrected chi connectivity index (χ3v) is 3.70. The molecule has 0 saturated carbocycles. The van der Waals surface area contributed by atoms with Gasteiger partial charge in [-0.05, 0) is 37.5 Å². The van der Waals surface area contributed by atoms with E-state index < -0.39 is 0 Å². The van der Waals surface area contributed by atoms with Crippen molar-refractivity contribution < 1.29 is 0 Å². The van der Waals surface area contributed by atoms with Crippen LogP contribution in [0.5, 0.6) is 0 Å². The fraction of sp³-hybridized carbons (Fsp3) is 0.538. The molecular formula is C13H21BrN2. The van der Waals surface area contributed by atoms with Crippen LogP contribution in [0.2, 0.25) is 0 Å². The highest BCUT2D eigenvalue weighted by atomic mass is 79.9. The highest BCUT2D eigenvalue weighted by Crippen LogP contribution is 2.24. The zero-order valence-electron chi connectivity index (χ0n) is 10.3. The van der Waals surface area contributed by atoms with Gasteiger partial charge >= 0.3 is 0 Å². The Kier molecular flexibility index (Phi) is 5.29. The largest absolute Gasteiger partial charge is 0.375 e. The molecule has 0 spiro atoms. The van der Waals surface area contributed by atoms with E-state index in [9.17, 15) is 0 Å². The molecule has 0 saturated heterocycles. The second-order valence-electron chi connectivity index (χ2n) is 4.16. The molecule has 0 amide bonds. The van der Waals surface area contributed by atoms with Gasteiger partial charge in [-0.1, -0.05) is 28.9 Å². The lowest BCUT2D eigenvalue weighted by atomic mass is 10.0. The van der Waals surface area contributed by atoms with Gasteiger partial charge in [-0.3, -0.25) is 0 Å². The average Bonchev–Trinajstić information content (AvgIpc) is 2.30. The number of anilines is 1. The van der Waals surface area contributed by atoms with Crippen LogP contribution >= 0.6 is 15.9 Å². The normalized spacial score (nSPS) is 12.6. The number of nitrogens with two attached hydrogens (primary N) is 1. The monoisotopic (exact) mass is 284 g/mol. The summed E-state index contributed by atoms with van der Waals surface area (Å²) in [7, 11) is 2.10. The number of benzene rings is 1. The van der Waals surface area contributed by atoms with Crippen molar-refractivity contribution in [2.24, 2.45) is 5.73 Å². The van der Waals surface area contributed by atoms with E-state index in [4.69, 9.17) is 5.73 Å². The summed E-state index contributed by atoms with van der Waals surface area (Å²) in [5.41, 5.74) is 8.50. The quantitative estimate of drug-likeness (QED) is 0.900. The van der Waals surface area contributed by atoms with Crippen molar-refractivity contribution in [1.82, 2.24) is 0 Å². The molecule has 0 fully saturated rings. The van der Waals surface area contributed by atoms with E-state index in [1.165, 1.54) is 11.3 Å². The molecule has 0 aliphatic carbocycles. The first-order valence-electron chi connectivity index (χ1n) is 5.83. The molecule has 1 atom stereocenters. The second kappa shape index (κ2) is 6.26. The molecule has 1 aromatic rings. The predicted octanol–water partition coefficient (Wildman–Crippen LogP) is 3.19. The number of hydrogen-bond acceptors (Lipinski definition) is 2. The minimum absolute atomic E-state index is 0.256. The van der Waals surface area contributed by atoms with Crippen LogP contribution in [0.4, 0.5) is 5.69 Å². The standard InChI is InChI=1S/C13H21BrN2/c1-4-11(15)8-10-6-7-12(9-13(10)14)16(3)5-2/h6-7,9,11H,4-5,8,15H2,1-3H3. The Hall–Kier alpha value is -0.540. The Morgan fingerprint density at radius 2 is 2.06 bits per heavy atom. The molecule has 0 aromatic heterocycles. The SMILES string of the molecule is CCC(N)Cc1ccc(N(C)CC)cc1Br. The predicted molar refractivity (Wildman–Crippen MR) is 75.1 cm³/mol. The molecule has 90 valence electrons. The van der Waals surface area contributed by atoms with Gasteiger partial charge in [-0.15, -0.1) is 0 Å². The van der Waals surface area contributed by atoms with Crippen molar-refractivity contribution in [2.75, 3.05) is 18.5 Å². The lowest BCUT2D eigenvalue weighted by Gasteiger charge is -2.18. The van der Waals surface area contributed by atoms with E-state index >= 15 is 0 Å². The van der Waals surface area contributed by atoms with E-state index in [-0.39, 0.29) is 6.04 Å². The maximum Gasteiger partial charge on any atom is 0.0375 e. The van der Waals surface area contributed by atoms with Crippen molar-refractivity contribution in [3.8, 4) is 0 Å². The first kappa shape index (κ1) is 13.5. The van der Waals surface area contributed by atoms with Gasteiger partial charge in [0, 0.05) is 29.8 Å². The van der Waals surface area contributed by atoms with Crippen molar-refractivity contribution in [2.45, 2.75) is 32.7 Å². The zero-order valence-corrected chi connectivity index (χ0v) is 11.9. The third kappa shape index (κ3) is 3.49. The van der Waals surface area contributed by atoms with Crippen molar-refractivity contribution in [3.63, 3.8) is 0 Å². The highest BCUT2D eigenvalue weighted by Gasteiger charge is 2.07. The Balaban J connectivity index is 2.83. The van der Waals surface area contributed by atoms with E-state index in [0.29, 0.717) is 0 Å². The Morgan fingerprint density at radius 3 is 2.56 bits per heavy atom. The van der Waals surface area contributed by atoms with Crippen LogP contribution in [0, 0.1) is 0 Å². The summed E-state index contributed by atoms with van der Waals surface area (Å²) in [6.45, 7) is 5.28. The van der Waals surface area contributed by atoms with Gasteiger partial charge in [0.2, 0.25) is 0 Å². The minimum Gasteiger partial charge on any atom is -0.375 e. The summed E-state index contributed by atoms with van der Waals surface area (Å²) in [4.78, 5) is 2.22. The summed E-state index contributed by atoms with van der Waals surface area (Å²) in [6, 6.07) is 6.75. The Labute approximate surface area is 107 Å². The second-order valence-corrected chi connectivity index (χ2v) is 5.02. The average molecular weight is 285 g/mol. The van der Waals surface area contributed by atoms with Gasteiger partial charge in [0.25, 0.3) is 0 Å². The number of halogens is 1. The van der Waals surface area contributed by atoms with E-state index in [2.05, 4.69) is 59.9 Å². The maximum atomic E-state index is 5.97. The number of rotatable bonds is 5. The zero-order chi connectivity index (χ0) is 12.1. The molecule has 0 radical (unpaired) electrons. The summed E-state index contributed by atoms with van der Waals surface area (Å²) < 4.78 is 1.16. The van der Waals surface area contributed by atoms with Crippen LogP contribution in [-0.4, -0.2) is 19.6 Å². The Bertz CT molecular complexity index is 339. The highest BCUT2D eigenvalue weighted by molar-refractivity contribution is 9.10. The van der Waals surface area contributed by atoms with E-state index in [1.807, 2.05) is 0 Å². The van der Waals surface area contributed by atoms with E-state index in [1.54, 1.807) is 0 Å². The topological polar surface area (TPSA) is 29.3 Å². The van der Waals surface area contributed by atoms with Gasteiger partial charge in [0.1, 0.15) is 0 Å². The fourth-order valence-electron chi connectivity index (χ4n) is 1.55. The van der Waals surface area contributed by atoms with Crippen molar-refractivity contribution >= 4 is 21.6 Å². The van der Waals surface area contributed by atoms with Crippen molar-refractivity contribution in [3.05, 3.63) is 28.2 Å². The van der Waals surface area contributed by atoms with Gasteiger partial charge in [0.15, 0.2) is 0 Å². The van der Waals surface area contributed by atoms with Gasteiger partial charge in [-0.25, -0.2) is 0 Å². The third-order valence-electron chi connectivity index (χ3n) is 2.96. The summed E-state index contributed by atoms with van der Waals surface area (Å²) in [6.07, 6.45) is 1.95. The smallest absolute Gasteiger partial charge is 0.0375 e. The van der Waals surface area contributed by atoms with Crippen LogP contribution in [0.15, 0.2) is 22.7 Å². The van der Waals surface area contributed by atoms with Crippen LogP contribution < -0.4 is 10.6 Å². The molecule has 0 aliphatic rings. The number of hydrogen-bond donors (Lipinski definition) is 1. The maximum absolute atomic E-state index is 5.97. The molecule has 0 heterocycles. The molecule has 1 unspecified atom stereocenters. The summed E-state index contributed by atoms with van der Waals surface area (Å²) in [5, 5.41) is 0. The Morgan fingerprint density at radius 1 is 1.38 bits per heavy atom.